The van der Waals surface area contributed by atoms with Crippen LogP contribution in [0.25, 0.3) is 0 Å². The number of nitrogens with zero attached hydrogens (tertiary/aromatic N) is 3. The summed E-state index contributed by atoms with van der Waals surface area (Å²) in [6.45, 7) is 3.63. The summed E-state index contributed by atoms with van der Waals surface area (Å²) in [5.41, 5.74) is 2.51. The largest absolute Gasteiger partial charge is 0.478 e. The summed E-state index contributed by atoms with van der Waals surface area (Å²) in [5.74, 6) is -0.463. The Morgan fingerprint density at radius 2 is 2.11 bits per heavy atom. The number of carbonyl (C=O) groups is 1. The molecule has 0 aliphatic heterocycles. The van der Waals surface area contributed by atoms with Crippen LogP contribution >= 0.6 is 0 Å². The molecular weight excluding hydrogens is 232 g/mol. The zero-order valence-electron chi connectivity index (χ0n) is 10.4. The van der Waals surface area contributed by atoms with Gasteiger partial charge >= 0.3 is 5.97 Å². The van der Waals surface area contributed by atoms with Gasteiger partial charge in [0.15, 0.2) is 0 Å². The van der Waals surface area contributed by atoms with E-state index in [4.69, 9.17) is 5.11 Å². The molecule has 0 atom stereocenters. The molecule has 0 amide bonds. The maximum Gasteiger partial charge on any atom is 0.335 e. The lowest BCUT2D eigenvalue weighted by Gasteiger charge is -2.06. The average Bonchev–Trinajstić information content (AvgIpc) is 2.56. The number of aromatic carboxylic acids is 1. The molecule has 0 fully saturated rings. The molecule has 0 radical (unpaired) electrons. The third-order valence-corrected chi connectivity index (χ3v) is 2.48. The van der Waals surface area contributed by atoms with Crippen LogP contribution in [0.3, 0.4) is 0 Å². The minimum atomic E-state index is -0.966. The van der Waals surface area contributed by atoms with Crippen LogP contribution in [0.4, 0.5) is 11.5 Å². The van der Waals surface area contributed by atoms with Crippen molar-refractivity contribution in [3.63, 3.8) is 0 Å². The van der Waals surface area contributed by atoms with Gasteiger partial charge in [0, 0.05) is 18.9 Å². The number of nitrogens with one attached hydrogen (secondary N) is 1. The molecule has 0 saturated heterocycles. The molecular formula is C12H14N4O2. The number of rotatable bonds is 3. The van der Waals surface area contributed by atoms with Crippen molar-refractivity contribution < 1.29 is 9.90 Å². The topological polar surface area (TPSA) is 80.0 Å². The minimum Gasteiger partial charge on any atom is -0.478 e. The summed E-state index contributed by atoms with van der Waals surface area (Å²) in [6, 6.07) is 3.03. The molecule has 0 bridgehead atoms. The van der Waals surface area contributed by atoms with Crippen molar-refractivity contribution in [2.24, 2.45) is 7.05 Å². The minimum absolute atomic E-state index is 0.214. The number of hydrogen-bond acceptors (Lipinski definition) is 4. The lowest BCUT2D eigenvalue weighted by atomic mass is 10.2. The molecule has 18 heavy (non-hydrogen) atoms. The van der Waals surface area contributed by atoms with Crippen LogP contribution in [-0.4, -0.2) is 25.8 Å². The lowest BCUT2D eigenvalue weighted by molar-refractivity contribution is 0.0696. The highest BCUT2D eigenvalue weighted by molar-refractivity contribution is 5.88. The molecule has 6 nitrogen and oxygen atoms in total. The van der Waals surface area contributed by atoms with Gasteiger partial charge in [-0.05, 0) is 26.0 Å². The Labute approximate surface area is 104 Å². The summed E-state index contributed by atoms with van der Waals surface area (Å²) in [4.78, 5) is 15.2. The monoisotopic (exact) mass is 246 g/mol. The molecule has 6 heteroatoms. The second-order valence-electron chi connectivity index (χ2n) is 4.11. The number of carboxylic acids is 1. The molecule has 0 spiro atoms. The van der Waals surface area contributed by atoms with Gasteiger partial charge in [0.2, 0.25) is 0 Å². The van der Waals surface area contributed by atoms with E-state index in [-0.39, 0.29) is 5.56 Å². The van der Waals surface area contributed by atoms with Gasteiger partial charge in [0.05, 0.1) is 16.9 Å². The predicted octanol–water partition coefficient (Wildman–Crippen LogP) is 1.87. The fourth-order valence-corrected chi connectivity index (χ4v) is 1.72. The quantitative estimate of drug-likeness (QED) is 0.864. The maximum absolute atomic E-state index is 11.0. The van der Waals surface area contributed by atoms with Crippen molar-refractivity contribution in [1.29, 1.82) is 0 Å². The van der Waals surface area contributed by atoms with Crippen LogP contribution in [0.2, 0.25) is 0 Å². The van der Waals surface area contributed by atoms with Gasteiger partial charge in [-0.2, -0.15) is 5.10 Å². The number of hydrogen-bond donors (Lipinski definition) is 2. The fraction of sp³-hybridized carbons (Fsp3) is 0.250. The van der Waals surface area contributed by atoms with E-state index < -0.39 is 5.97 Å². The van der Waals surface area contributed by atoms with Crippen LogP contribution < -0.4 is 5.32 Å². The third-order valence-electron chi connectivity index (χ3n) is 2.48. The molecule has 0 unspecified atom stereocenters. The van der Waals surface area contributed by atoms with Crippen LogP contribution in [0.15, 0.2) is 18.3 Å². The van der Waals surface area contributed by atoms with Crippen LogP contribution in [0.5, 0.6) is 0 Å². The molecule has 0 aliphatic rings. The molecule has 2 heterocycles. The zero-order chi connectivity index (χ0) is 13.3. The second kappa shape index (κ2) is 4.48. The van der Waals surface area contributed by atoms with Crippen LogP contribution in [0, 0.1) is 13.8 Å². The van der Waals surface area contributed by atoms with E-state index in [9.17, 15) is 4.79 Å². The molecule has 0 aromatic carbocycles. The molecule has 2 N–H and O–H groups in total. The highest BCUT2D eigenvalue weighted by Crippen LogP contribution is 2.19. The molecule has 0 saturated carbocycles. The first kappa shape index (κ1) is 12.1. The van der Waals surface area contributed by atoms with E-state index in [1.165, 1.54) is 12.1 Å². The Morgan fingerprint density at radius 3 is 2.67 bits per heavy atom. The lowest BCUT2D eigenvalue weighted by Crippen LogP contribution is -2.02. The first-order chi connectivity index (χ1) is 8.45. The zero-order valence-corrected chi connectivity index (χ0v) is 10.4. The van der Waals surface area contributed by atoms with E-state index in [0.717, 1.165) is 11.4 Å². The summed E-state index contributed by atoms with van der Waals surface area (Å²) >= 11 is 0. The van der Waals surface area contributed by atoms with Crippen LogP contribution in [0.1, 0.15) is 21.7 Å². The Morgan fingerprint density at radius 1 is 1.39 bits per heavy atom. The summed E-state index contributed by atoms with van der Waals surface area (Å²) in [5, 5.41) is 16.3. The Hall–Kier alpha value is -2.37. The van der Waals surface area contributed by atoms with Crippen molar-refractivity contribution in [2.45, 2.75) is 13.8 Å². The molecule has 2 aromatic rings. The Bertz CT molecular complexity index is 604. The van der Waals surface area contributed by atoms with Gasteiger partial charge in [0.1, 0.15) is 5.82 Å². The second-order valence-corrected chi connectivity index (χ2v) is 4.11. The normalized spacial score (nSPS) is 10.4. The predicted molar refractivity (Wildman–Crippen MR) is 67.2 cm³/mol. The van der Waals surface area contributed by atoms with E-state index in [0.29, 0.717) is 11.5 Å². The standard InChI is InChI=1S/C12H14N4O2/c1-7-4-9(12(17)18)5-11(13-7)14-10-6-16(3)15-8(10)2/h4-6H,1-3H3,(H,13,14)(H,17,18). The van der Waals surface area contributed by atoms with Gasteiger partial charge < -0.3 is 10.4 Å². The van der Waals surface area contributed by atoms with E-state index in [2.05, 4.69) is 15.4 Å². The van der Waals surface area contributed by atoms with E-state index in [1.54, 1.807) is 11.6 Å². The summed E-state index contributed by atoms with van der Waals surface area (Å²) in [6.07, 6.45) is 1.82. The van der Waals surface area contributed by atoms with Crippen molar-refractivity contribution in [2.75, 3.05) is 5.32 Å². The number of pyridine rings is 1. The Balaban J connectivity index is 2.34. The van der Waals surface area contributed by atoms with Gasteiger partial charge in [-0.25, -0.2) is 9.78 Å². The number of carboxylic acid groups (broad SMARTS) is 1. The number of anilines is 2. The highest BCUT2D eigenvalue weighted by atomic mass is 16.4. The molecule has 94 valence electrons. The van der Waals surface area contributed by atoms with Gasteiger partial charge in [-0.3, -0.25) is 4.68 Å². The van der Waals surface area contributed by atoms with Crippen molar-refractivity contribution in [3.8, 4) is 0 Å². The molecule has 2 aromatic heterocycles. The average molecular weight is 246 g/mol. The van der Waals surface area contributed by atoms with E-state index >= 15 is 0 Å². The van der Waals surface area contributed by atoms with Crippen molar-refractivity contribution >= 4 is 17.5 Å². The maximum atomic E-state index is 11.0. The van der Waals surface area contributed by atoms with Crippen molar-refractivity contribution in [3.05, 3.63) is 35.3 Å². The summed E-state index contributed by atoms with van der Waals surface area (Å²) in [7, 11) is 1.82. The Kier molecular flexibility index (Phi) is 3.01. The van der Waals surface area contributed by atoms with Gasteiger partial charge in [-0.1, -0.05) is 0 Å². The molecule has 2 rings (SSSR count). The van der Waals surface area contributed by atoms with Gasteiger partial charge in [-0.15, -0.1) is 0 Å². The summed E-state index contributed by atoms with van der Waals surface area (Å²) < 4.78 is 1.69. The first-order valence-corrected chi connectivity index (χ1v) is 5.45. The van der Waals surface area contributed by atoms with Crippen LogP contribution in [-0.2, 0) is 7.05 Å². The van der Waals surface area contributed by atoms with Crippen molar-refractivity contribution in [1.82, 2.24) is 14.8 Å². The highest BCUT2D eigenvalue weighted by Gasteiger charge is 2.09. The fourth-order valence-electron chi connectivity index (χ4n) is 1.72. The smallest absolute Gasteiger partial charge is 0.335 e. The third kappa shape index (κ3) is 2.48. The molecule has 0 aliphatic carbocycles. The number of aromatic nitrogens is 3. The SMILES string of the molecule is Cc1cc(C(=O)O)cc(Nc2cn(C)nc2C)n1. The van der Waals surface area contributed by atoms with E-state index in [1.807, 2.05) is 20.2 Å². The van der Waals surface area contributed by atoms with Gasteiger partial charge in [0.25, 0.3) is 0 Å². The first-order valence-electron chi connectivity index (χ1n) is 5.45. The number of aryl methyl sites for hydroxylation is 3.